The number of carbonyl (C=O) groups excluding carboxylic acids is 1. The zero-order chi connectivity index (χ0) is 13.0. The van der Waals surface area contributed by atoms with Crippen molar-refractivity contribution in [2.75, 3.05) is 24.5 Å². The molecule has 1 unspecified atom stereocenters. The Morgan fingerprint density at radius 2 is 2.39 bits per heavy atom. The molecule has 1 aromatic heterocycles. The van der Waals surface area contributed by atoms with Gasteiger partial charge in [0.15, 0.2) is 11.5 Å². The molecule has 2 rings (SSSR count). The first-order valence-corrected chi connectivity index (χ1v) is 6.25. The van der Waals surface area contributed by atoms with Gasteiger partial charge in [-0.2, -0.15) is 0 Å². The number of nitrogens with zero attached hydrogens (tertiary/aromatic N) is 3. The number of amides is 1. The molecular formula is C12H18N4O2. The van der Waals surface area contributed by atoms with E-state index in [1.807, 2.05) is 11.8 Å². The third-order valence-corrected chi connectivity index (χ3v) is 2.94. The molecule has 0 aliphatic carbocycles. The van der Waals surface area contributed by atoms with Gasteiger partial charge in [-0.25, -0.2) is 0 Å². The Morgan fingerprint density at radius 3 is 3.00 bits per heavy atom. The molecule has 1 aliphatic heterocycles. The summed E-state index contributed by atoms with van der Waals surface area (Å²) in [5.41, 5.74) is 0.318. The Kier molecular flexibility index (Phi) is 4.09. The van der Waals surface area contributed by atoms with Crippen LogP contribution in [0, 0.1) is 0 Å². The van der Waals surface area contributed by atoms with Crippen molar-refractivity contribution in [1.29, 1.82) is 0 Å². The molecule has 0 spiro atoms. The Hall–Kier alpha value is -1.69. The van der Waals surface area contributed by atoms with Crippen LogP contribution in [0.5, 0.6) is 0 Å². The minimum atomic E-state index is -0.302. The molecule has 0 bridgehead atoms. The van der Waals surface area contributed by atoms with Crippen LogP contribution in [0.4, 0.5) is 5.82 Å². The van der Waals surface area contributed by atoms with E-state index in [-0.39, 0.29) is 12.0 Å². The molecule has 0 aromatic carbocycles. The highest BCUT2D eigenvalue weighted by Gasteiger charge is 2.19. The third-order valence-electron chi connectivity index (χ3n) is 2.94. The van der Waals surface area contributed by atoms with Crippen molar-refractivity contribution in [3.63, 3.8) is 0 Å². The number of carbonyl (C=O) groups is 1. The van der Waals surface area contributed by atoms with Crippen LogP contribution in [0.3, 0.4) is 0 Å². The summed E-state index contributed by atoms with van der Waals surface area (Å²) in [5, 5.41) is 20.2. The number of piperidine rings is 1. The molecule has 2 N–H and O–H groups in total. The van der Waals surface area contributed by atoms with Gasteiger partial charge in [-0.05, 0) is 31.9 Å². The Balaban J connectivity index is 2.05. The number of aliphatic hydroxyl groups is 1. The Morgan fingerprint density at radius 1 is 1.56 bits per heavy atom. The topological polar surface area (TPSA) is 78.4 Å². The molecule has 6 heteroatoms. The van der Waals surface area contributed by atoms with Crippen LogP contribution < -0.4 is 10.2 Å². The third kappa shape index (κ3) is 2.95. The monoisotopic (exact) mass is 250 g/mol. The van der Waals surface area contributed by atoms with Crippen LogP contribution in [0.15, 0.2) is 12.1 Å². The summed E-state index contributed by atoms with van der Waals surface area (Å²) in [4.78, 5) is 13.5. The lowest BCUT2D eigenvalue weighted by molar-refractivity contribution is 0.0949. The lowest BCUT2D eigenvalue weighted by Crippen LogP contribution is -2.38. The predicted molar refractivity (Wildman–Crippen MR) is 67.5 cm³/mol. The number of hydrogen-bond acceptors (Lipinski definition) is 5. The first kappa shape index (κ1) is 12.8. The lowest BCUT2D eigenvalue weighted by Gasteiger charge is -2.30. The predicted octanol–water partition coefficient (Wildman–Crippen LogP) is 0.187. The van der Waals surface area contributed by atoms with Crippen LogP contribution in [0.2, 0.25) is 0 Å². The molecule has 6 nitrogen and oxygen atoms in total. The second-order valence-corrected chi connectivity index (χ2v) is 4.38. The number of hydrogen-bond donors (Lipinski definition) is 2. The van der Waals surface area contributed by atoms with Crippen LogP contribution in [0.1, 0.15) is 30.3 Å². The van der Waals surface area contributed by atoms with E-state index in [2.05, 4.69) is 15.5 Å². The summed E-state index contributed by atoms with van der Waals surface area (Å²) in [6.45, 7) is 3.87. The van der Waals surface area contributed by atoms with E-state index >= 15 is 0 Å². The molecule has 98 valence electrons. The van der Waals surface area contributed by atoms with Crippen molar-refractivity contribution in [2.24, 2.45) is 0 Å². The molecule has 2 heterocycles. The van der Waals surface area contributed by atoms with E-state index in [0.717, 1.165) is 19.4 Å². The van der Waals surface area contributed by atoms with Crippen molar-refractivity contribution in [1.82, 2.24) is 15.5 Å². The number of anilines is 1. The Bertz CT molecular complexity index is 407. The lowest BCUT2D eigenvalue weighted by atomic mass is 10.1. The number of aromatic nitrogens is 2. The highest BCUT2D eigenvalue weighted by atomic mass is 16.3. The first-order chi connectivity index (χ1) is 8.70. The normalized spacial score (nSPS) is 19.7. The van der Waals surface area contributed by atoms with Gasteiger partial charge in [-0.3, -0.25) is 4.79 Å². The first-order valence-electron chi connectivity index (χ1n) is 6.25. The minimum Gasteiger partial charge on any atom is -0.391 e. The molecule has 1 atom stereocenters. The highest BCUT2D eigenvalue weighted by molar-refractivity contribution is 5.92. The van der Waals surface area contributed by atoms with E-state index < -0.39 is 0 Å². The van der Waals surface area contributed by atoms with Crippen molar-refractivity contribution >= 4 is 11.7 Å². The van der Waals surface area contributed by atoms with Gasteiger partial charge < -0.3 is 15.3 Å². The summed E-state index contributed by atoms with van der Waals surface area (Å²) < 4.78 is 0. The number of nitrogens with one attached hydrogen (secondary N) is 1. The van der Waals surface area contributed by atoms with Crippen molar-refractivity contribution in [3.05, 3.63) is 17.8 Å². The molecule has 1 amide bonds. The molecule has 1 saturated heterocycles. The standard InChI is InChI=1S/C12H18N4O2/c1-2-13-12(18)10-5-6-11(15-14-10)16-7-3-4-9(17)8-16/h5-6,9,17H,2-4,7-8H2,1H3,(H,13,18). The molecule has 0 radical (unpaired) electrons. The second-order valence-electron chi connectivity index (χ2n) is 4.38. The maximum atomic E-state index is 11.5. The van der Waals surface area contributed by atoms with Crippen molar-refractivity contribution < 1.29 is 9.90 Å². The summed E-state index contributed by atoms with van der Waals surface area (Å²) in [6, 6.07) is 3.43. The van der Waals surface area contributed by atoms with Gasteiger partial charge in [0.1, 0.15) is 0 Å². The highest BCUT2D eigenvalue weighted by Crippen LogP contribution is 2.16. The summed E-state index contributed by atoms with van der Waals surface area (Å²) in [6.07, 6.45) is 1.48. The number of aliphatic hydroxyl groups excluding tert-OH is 1. The molecular weight excluding hydrogens is 232 g/mol. The van der Waals surface area contributed by atoms with E-state index in [9.17, 15) is 9.90 Å². The quantitative estimate of drug-likeness (QED) is 0.800. The van der Waals surface area contributed by atoms with E-state index in [1.54, 1.807) is 12.1 Å². The van der Waals surface area contributed by atoms with Gasteiger partial charge in [0, 0.05) is 19.6 Å². The fourth-order valence-corrected chi connectivity index (χ4v) is 2.03. The van der Waals surface area contributed by atoms with Crippen LogP contribution >= 0.6 is 0 Å². The van der Waals surface area contributed by atoms with Crippen LogP contribution in [-0.4, -0.2) is 46.9 Å². The zero-order valence-electron chi connectivity index (χ0n) is 10.5. The summed E-state index contributed by atoms with van der Waals surface area (Å²) in [5.74, 6) is 0.497. The van der Waals surface area contributed by atoms with E-state index in [4.69, 9.17) is 0 Å². The van der Waals surface area contributed by atoms with Crippen molar-refractivity contribution in [2.45, 2.75) is 25.9 Å². The van der Waals surface area contributed by atoms with Gasteiger partial charge in [0.2, 0.25) is 0 Å². The van der Waals surface area contributed by atoms with Gasteiger partial charge in [-0.1, -0.05) is 0 Å². The largest absolute Gasteiger partial charge is 0.391 e. The van der Waals surface area contributed by atoms with Crippen LogP contribution in [0.25, 0.3) is 0 Å². The number of β-amino-alcohol motifs (C(OH)–C–C–N with tert-alkyl or cyclic N) is 1. The van der Waals surface area contributed by atoms with Gasteiger partial charge in [0.05, 0.1) is 6.10 Å². The fraction of sp³-hybridized carbons (Fsp3) is 0.583. The zero-order valence-corrected chi connectivity index (χ0v) is 10.5. The molecule has 1 aliphatic rings. The number of rotatable bonds is 3. The van der Waals surface area contributed by atoms with E-state index in [0.29, 0.717) is 24.6 Å². The summed E-state index contributed by atoms with van der Waals surface area (Å²) >= 11 is 0. The average molecular weight is 250 g/mol. The minimum absolute atomic E-state index is 0.213. The fourth-order valence-electron chi connectivity index (χ4n) is 2.03. The maximum Gasteiger partial charge on any atom is 0.271 e. The summed E-state index contributed by atoms with van der Waals surface area (Å²) in [7, 11) is 0. The van der Waals surface area contributed by atoms with E-state index in [1.165, 1.54) is 0 Å². The molecule has 1 aromatic rings. The SMILES string of the molecule is CCNC(=O)c1ccc(N2CCCC(O)C2)nn1. The molecule has 0 saturated carbocycles. The van der Waals surface area contributed by atoms with Gasteiger partial charge in [0.25, 0.3) is 5.91 Å². The molecule has 1 fully saturated rings. The Labute approximate surface area is 106 Å². The average Bonchev–Trinajstić information content (AvgIpc) is 2.39. The van der Waals surface area contributed by atoms with Crippen molar-refractivity contribution in [3.8, 4) is 0 Å². The molecule has 18 heavy (non-hydrogen) atoms. The second kappa shape index (κ2) is 5.77. The maximum absolute atomic E-state index is 11.5. The van der Waals surface area contributed by atoms with Crippen LogP contribution in [-0.2, 0) is 0 Å². The van der Waals surface area contributed by atoms with Gasteiger partial charge in [-0.15, -0.1) is 10.2 Å². The smallest absolute Gasteiger partial charge is 0.271 e. The van der Waals surface area contributed by atoms with Gasteiger partial charge >= 0.3 is 0 Å².